The van der Waals surface area contributed by atoms with Crippen LogP contribution in [0.1, 0.15) is 11.1 Å². The Bertz CT molecular complexity index is 566. The molecule has 3 heteroatoms. The van der Waals surface area contributed by atoms with Gasteiger partial charge in [0, 0.05) is 17.7 Å². The number of halogens is 1. The van der Waals surface area contributed by atoms with Gasteiger partial charge in [-0.05, 0) is 36.8 Å². The molecular weight excluding hydrogens is 229 g/mol. The molecular formula is C15H16FNO. The molecule has 2 aromatic carbocycles. The highest BCUT2D eigenvalue weighted by atomic mass is 19.1. The van der Waals surface area contributed by atoms with Gasteiger partial charge in [-0.2, -0.15) is 0 Å². The smallest absolute Gasteiger partial charge is 0.127 e. The Hall–Kier alpha value is -1.87. The summed E-state index contributed by atoms with van der Waals surface area (Å²) in [6.45, 7) is 2.20. The third-order valence-electron chi connectivity index (χ3n) is 2.93. The highest BCUT2D eigenvalue weighted by molar-refractivity contribution is 5.71. The van der Waals surface area contributed by atoms with Crippen LogP contribution in [0.2, 0.25) is 0 Å². The first kappa shape index (κ1) is 12.6. The maximum Gasteiger partial charge on any atom is 0.127 e. The summed E-state index contributed by atoms with van der Waals surface area (Å²) in [7, 11) is 1.63. The van der Waals surface area contributed by atoms with Gasteiger partial charge in [0.25, 0.3) is 0 Å². The van der Waals surface area contributed by atoms with Crippen LogP contribution in [0.4, 0.5) is 4.39 Å². The maximum absolute atomic E-state index is 13.4. The van der Waals surface area contributed by atoms with E-state index in [1.54, 1.807) is 19.2 Å². The molecule has 0 bridgehead atoms. The summed E-state index contributed by atoms with van der Waals surface area (Å²) >= 11 is 0. The van der Waals surface area contributed by atoms with Crippen molar-refractivity contribution in [2.45, 2.75) is 13.5 Å². The molecule has 2 N–H and O–H groups in total. The molecule has 0 spiro atoms. The van der Waals surface area contributed by atoms with E-state index in [0.717, 1.165) is 22.4 Å². The standard InChI is InChI=1S/C15H16FNO/c1-10-3-6-15(18-2)13(7-10)11-4-5-14(16)12(8-11)9-17/h3-8H,9,17H2,1-2H3. The van der Waals surface area contributed by atoms with Crippen molar-refractivity contribution in [1.29, 1.82) is 0 Å². The molecule has 2 nitrogen and oxygen atoms in total. The minimum absolute atomic E-state index is 0.188. The van der Waals surface area contributed by atoms with Crippen molar-refractivity contribution in [3.05, 3.63) is 53.3 Å². The number of aryl methyl sites for hydroxylation is 1. The molecule has 0 amide bonds. The van der Waals surface area contributed by atoms with Gasteiger partial charge in [-0.1, -0.05) is 17.7 Å². The predicted octanol–water partition coefficient (Wildman–Crippen LogP) is 3.27. The van der Waals surface area contributed by atoms with E-state index in [1.165, 1.54) is 6.07 Å². The lowest BCUT2D eigenvalue weighted by Crippen LogP contribution is -2.00. The lowest BCUT2D eigenvalue weighted by atomic mass is 10.00. The van der Waals surface area contributed by atoms with Gasteiger partial charge in [0.15, 0.2) is 0 Å². The zero-order valence-corrected chi connectivity index (χ0v) is 10.5. The van der Waals surface area contributed by atoms with Crippen molar-refractivity contribution in [3.8, 4) is 16.9 Å². The van der Waals surface area contributed by atoms with Crippen LogP contribution < -0.4 is 10.5 Å². The van der Waals surface area contributed by atoms with Crippen LogP contribution in [-0.2, 0) is 6.54 Å². The van der Waals surface area contributed by atoms with Crippen LogP contribution in [-0.4, -0.2) is 7.11 Å². The quantitative estimate of drug-likeness (QED) is 0.900. The third-order valence-corrected chi connectivity index (χ3v) is 2.93. The summed E-state index contributed by atoms with van der Waals surface area (Å²) < 4.78 is 18.8. The molecule has 0 saturated heterocycles. The Morgan fingerprint density at radius 1 is 1.17 bits per heavy atom. The second kappa shape index (κ2) is 5.19. The van der Waals surface area contributed by atoms with E-state index < -0.39 is 0 Å². The Morgan fingerprint density at radius 3 is 2.61 bits per heavy atom. The Morgan fingerprint density at radius 2 is 1.94 bits per heavy atom. The molecule has 0 radical (unpaired) electrons. The number of ether oxygens (including phenoxy) is 1. The maximum atomic E-state index is 13.4. The molecule has 2 aromatic rings. The number of hydrogen-bond acceptors (Lipinski definition) is 2. The molecule has 94 valence electrons. The SMILES string of the molecule is COc1ccc(C)cc1-c1ccc(F)c(CN)c1. The zero-order chi connectivity index (χ0) is 13.1. The highest BCUT2D eigenvalue weighted by Crippen LogP contribution is 2.31. The number of nitrogens with two attached hydrogens (primary N) is 1. The predicted molar refractivity (Wildman–Crippen MR) is 71.0 cm³/mol. The molecule has 0 fully saturated rings. The van der Waals surface area contributed by atoms with Crippen molar-refractivity contribution >= 4 is 0 Å². The van der Waals surface area contributed by atoms with Gasteiger partial charge in [0.05, 0.1) is 7.11 Å². The van der Waals surface area contributed by atoms with Crippen LogP contribution in [0.5, 0.6) is 5.75 Å². The molecule has 0 saturated carbocycles. The third kappa shape index (κ3) is 2.36. The van der Waals surface area contributed by atoms with Crippen LogP contribution in [0.15, 0.2) is 36.4 Å². The van der Waals surface area contributed by atoms with Crippen LogP contribution in [0.25, 0.3) is 11.1 Å². The molecule has 0 atom stereocenters. The molecule has 18 heavy (non-hydrogen) atoms. The average molecular weight is 245 g/mol. The van der Waals surface area contributed by atoms with E-state index in [0.29, 0.717) is 5.56 Å². The largest absolute Gasteiger partial charge is 0.496 e. The summed E-state index contributed by atoms with van der Waals surface area (Å²) in [5, 5.41) is 0. The minimum Gasteiger partial charge on any atom is -0.496 e. The fraction of sp³-hybridized carbons (Fsp3) is 0.200. The van der Waals surface area contributed by atoms with E-state index in [9.17, 15) is 4.39 Å². The second-order valence-corrected chi connectivity index (χ2v) is 4.21. The first-order chi connectivity index (χ1) is 8.65. The van der Waals surface area contributed by atoms with Crippen molar-refractivity contribution in [2.24, 2.45) is 5.73 Å². The first-order valence-electron chi connectivity index (χ1n) is 5.79. The van der Waals surface area contributed by atoms with Gasteiger partial charge in [-0.25, -0.2) is 4.39 Å². The van der Waals surface area contributed by atoms with Gasteiger partial charge in [0.1, 0.15) is 11.6 Å². The number of methoxy groups -OCH3 is 1. The van der Waals surface area contributed by atoms with Crippen LogP contribution >= 0.6 is 0 Å². The lowest BCUT2D eigenvalue weighted by Gasteiger charge is -2.11. The molecule has 0 aliphatic rings. The van der Waals surface area contributed by atoms with Crippen molar-refractivity contribution in [2.75, 3.05) is 7.11 Å². The van der Waals surface area contributed by atoms with Crippen molar-refractivity contribution in [1.82, 2.24) is 0 Å². The van der Waals surface area contributed by atoms with Crippen molar-refractivity contribution in [3.63, 3.8) is 0 Å². The Kier molecular flexibility index (Phi) is 3.63. The van der Waals surface area contributed by atoms with Gasteiger partial charge in [-0.3, -0.25) is 0 Å². The van der Waals surface area contributed by atoms with E-state index in [4.69, 9.17) is 10.5 Å². The fourth-order valence-electron chi connectivity index (χ4n) is 1.95. The number of hydrogen-bond donors (Lipinski definition) is 1. The van der Waals surface area contributed by atoms with E-state index in [2.05, 4.69) is 0 Å². The average Bonchev–Trinajstić information content (AvgIpc) is 2.39. The lowest BCUT2D eigenvalue weighted by molar-refractivity contribution is 0.416. The summed E-state index contributed by atoms with van der Waals surface area (Å²) in [5.74, 6) is 0.503. The Balaban J connectivity index is 2.57. The van der Waals surface area contributed by atoms with Gasteiger partial charge in [0.2, 0.25) is 0 Å². The summed E-state index contributed by atoms with van der Waals surface area (Å²) in [5.41, 5.74) is 9.03. The van der Waals surface area contributed by atoms with E-state index >= 15 is 0 Å². The molecule has 0 aliphatic heterocycles. The first-order valence-corrected chi connectivity index (χ1v) is 5.79. The molecule has 0 heterocycles. The molecule has 0 unspecified atom stereocenters. The Labute approximate surface area is 106 Å². The summed E-state index contributed by atoms with van der Waals surface area (Å²) in [4.78, 5) is 0. The minimum atomic E-state index is -0.270. The summed E-state index contributed by atoms with van der Waals surface area (Å²) in [6, 6.07) is 10.9. The highest BCUT2D eigenvalue weighted by Gasteiger charge is 2.08. The fourth-order valence-corrected chi connectivity index (χ4v) is 1.95. The molecule has 0 aliphatic carbocycles. The van der Waals surface area contributed by atoms with Crippen LogP contribution in [0, 0.1) is 12.7 Å². The topological polar surface area (TPSA) is 35.2 Å². The number of benzene rings is 2. The summed E-state index contributed by atoms with van der Waals surface area (Å²) in [6.07, 6.45) is 0. The van der Waals surface area contributed by atoms with Gasteiger partial charge >= 0.3 is 0 Å². The van der Waals surface area contributed by atoms with Gasteiger partial charge in [-0.15, -0.1) is 0 Å². The second-order valence-electron chi connectivity index (χ2n) is 4.21. The van der Waals surface area contributed by atoms with Crippen LogP contribution in [0.3, 0.4) is 0 Å². The molecule has 0 aromatic heterocycles. The zero-order valence-electron chi connectivity index (χ0n) is 10.5. The van der Waals surface area contributed by atoms with E-state index in [1.807, 2.05) is 25.1 Å². The van der Waals surface area contributed by atoms with Crippen molar-refractivity contribution < 1.29 is 9.13 Å². The molecule has 2 rings (SSSR count). The van der Waals surface area contributed by atoms with Gasteiger partial charge < -0.3 is 10.5 Å². The normalized spacial score (nSPS) is 10.4. The number of rotatable bonds is 3. The van der Waals surface area contributed by atoms with E-state index in [-0.39, 0.29) is 12.4 Å². The monoisotopic (exact) mass is 245 g/mol.